The maximum Gasteiger partial charge on any atom is 0.310 e. The van der Waals surface area contributed by atoms with Crippen molar-refractivity contribution in [2.24, 2.45) is 23.7 Å². The summed E-state index contributed by atoms with van der Waals surface area (Å²) in [4.78, 5) is 24.3. The second-order valence-corrected chi connectivity index (χ2v) is 5.92. The van der Waals surface area contributed by atoms with Crippen LogP contribution in [0.2, 0.25) is 0 Å². The lowest BCUT2D eigenvalue weighted by atomic mass is 9.79. The molecule has 2 saturated carbocycles. The van der Waals surface area contributed by atoms with Gasteiger partial charge in [-0.25, -0.2) is 4.39 Å². The van der Waals surface area contributed by atoms with E-state index < -0.39 is 0 Å². The molecule has 0 radical (unpaired) electrons. The molecule has 5 heteroatoms. The average molecular weight is 275 g/mol. The molecule has 104 valence electrons. The van der Waals surface area contributed by atoms with Crippen LogP contribution in [0.1, 0.15) is 12.8 Å². The summed E-state index contributed by atoms with van der Waals surface area (Å²) in [6, 6.07) is 5.65. The van der Waals surface area contributed by atoms with E-state index in [0.717, 1.165) is 12.8 Å². The maximum atomic E-state index is 12.8. The van der Waals surface area contributed by atoms with Crippen molar-refractivity contribution < 1.29 is 18.7 Å². The van der Waals surface area contributed by atoms with Gasteiger partial charge in [-0.15, -0.1) is 0 Å². The number of halogens is 1. The lowest BCUT2D eigenvalue weighted by Gasteiger charge is -2.23. The fourth-order valence-corrected chi connectivity index (χ4v) is 4.12. The Bertz CT molecular complexity index is 583. The second-order valence-electron chi connectivity index (χ2n) is 5.92. The molecule has 2 bridgehead atoms. The molecule has 4 nitrogen and oxygen atoms in total. The van der Waals surface area contributed by atoms with E-state index in [9.17, 15) is 14.0 Å². The van der Waals surface area contributed by atoms with E-state index >= 15 is 0 Å². The summed E-state index contributed by atoms with van der Waals surface area (Å²) in [7, 11) is 0. The summed E-state index contributed by atoms with van der Waals surface area (Å²) >= 11 is 0. The molecule has 5 atom stereocenters. The standard InChI is InChI=1S/C15H14FNO3/c16-8-1-3-9(4-2-8)17-14(18)12-7-5-10-11(6-7)20-15(19)13(10)12/h1-4,7,10-13H,5-6H2,(H,17,18)/t7-,10+,11-,12-,13-/m0/s1. The molecule has 1 amide bonds. The van der Waals surface area contributed by atoms with Gasteiger partial charge in [-0.3, -0.25) is 9.59 Å². The molecule has 3 aliphatic rings. The Labute approximate surface area is 115 Å². The third-order valence-corrected chi connectivity index (χ3v) is 4.90. The van der Waals surface area contributed by atoms with Crippen LogP contribution >= 0.6 is 0 Å². The Hall–Kier alpha value is -1.91. The van der Waals surface area contributed by atoms with Crippen molar-refractivity contribution in [2.75, 3.05) is 5.32 Å². The van der Waals surface area contributed by atoms with E-state index in [1.54, 1.807) is 0 Å². The zero-order chi connectivity index (χ0) is 13.9. The molecule has 0 spiro atoms. The number of fused-ring (bicyclic) bond motifs is 1. The summed E-state index contributed by atoms with van der Waals surface area (Å²) in [5, 5.41) is 2.79. The quantitative estimate of drug-likeness (QED) is 0.839. The fraction of sp³-hybridized carbons (Fsp3) is 0.467. The van der Waals surface area contributed by atoms with Crippen LogP contribution in [0.4, 0.5) is 10.1 Å². The number of nitrogens with one attached hydrogen (secondary N) is 1. The summed E-state index contributed by atoms with van der Waals surface area (Å²) in [6.45, 7) is 0. The highest BCUT2D eigenvalue weighted by Gasteiger charge is 2.63. The molecule has 1 aliphatic heterocycles. The van der Waals surface area contributed by atoms with Gasteiger partial charge in [-0.1, -0.05) is 0 Å². The lowest BCUT2D eigenvalue weighted by Crippen LogP contribution is -2.35. The number of benzene rings is 1. The highest BCUT2D eigenvalue weighted by Crippen LogP contribution is 2.57. The Morgan fingerprint density at radius 2 is 2.00 bits per heavy atom. The first-order valence-electron chi connectivity index (χ1n) is 6.90. The molecular weight excluding hydrogens is 261 g/mol. The first kappa shape index (κ1) is 11.9. The van der Waals surface area contributed by atoms with Gasteiger partial charge in [0.2, 0.25) is 5.91 Å². The molecule has 1 aromatic carbocycles. The van der Waals surface area contributed by atoms with E-state index in [0.29, 0.717) is 5.69 Å². The van der Waals surface area contributed by atoms with E-state index in [1.807, 2.05) is 0 Å². The molecule has 0 aromatic heterocycles. The third kappa shape index (κ3) is 1.58. The van der Waals surface area contributed by atoms with Crippen molar-refractivity contribution in [1.82, 2.24) is 0 Å². The highest BCUT2D eigenvalue weighted by atomic mass is 19.1. The summed E-state index contributed by atoms with van der Waals surface area (Å²) in [5.74, 6) is -0.829. The van der Waals surface area contributed by atoms with Gasteiger partial charge in [-0.2, -0.15) is 0 Å². The molecular formula is C15H14FNO3. The van der Waals surface area contributed by atoms with Crippen molar-refractivity contribution in [1.29, 1.82) is 0 Å². The minimum absolute atomic E-state index is 0.0346. The Kier molecular flexibility index (Phi) is 2.40. The van der Waals surface area contributed by atoms with Crippen molar-refractivity contribution in [3.8, 4) is 0 Å². The van der Waals surface area contributed by atoms with Gasteiger partial charge >= 0.3 is 5.97 Å². The fourth-order valence-electron chi connectivity index (χ4n) is 4.12. The zero-order valence-corrected chi connectivity index (χ0v) is 10.7. The molecule has 20 heavy (non-hydrogen) atoms. The van der Waals surface area contributed by atoms with Gasteiger partial charge in [-0.05, 0) is 43.0 Å². The summed E-state index contributed by atoms with van der Waals surface area (Å²) < 4.78 is 18.2. The van der Waals surface area contributed by atoms with Gasteiger partial charge in [0.25, 0.3) is 0 Å². The van der Waals surface area contributed by atoms with Gasteiger partial charge in [0.1, 0.15) is 11.9 Å². The van der Waals surface area contributed by atoms with Crippen LogP contribution < -0.4 is 5.32 Å². The number of carbonyl (C=O) groups excluding carboxylic acids is 2. The van der Waals surface area contributed by atoms with Gasteiger partial charge in [0.05, 0.1) is 11.8 Å². The van der Waals surface area contributed by atoms with Crippen molar-refractivity contribution in [3.63, 3.8) is 0 Å². The molecule has 1 N–H and O–H groups in total. The predicted octanol–water partition coefficient (Wildman–Crippen LogP) is 1.96. The number of amides is 1. The number of hydrogen-bond donors (Lipinski definition) is 1. The van der Waals surface area contributed by atoms with Crippen LogP contribution in [0.5, 0.6) is 0 Å². The molecule has 3 fully saturated rings. The highest BCUT2D eigenvalue weighted by molar-refractivity contribution is 5.96. The molecule has 2 aliphatic carbocycles. The number of hydrogen-bond acceptors (Lipinski definition) is 3. The molecule has 1 heterocycles. The zero-order valence-electron chi connectivity index (χ0n) is 10.7. The van der Waals surface area contributed by atoms with Crippen LogP contribution in [0.3, 0.4) is 0 Å². The van der Waals surface area contributed by atoms with Crippen molar-refractivity contribution in [2.45, 2.75) is 18.9 Å². The predicted molar refractivity (Wildman–Crippen MR) is 68.1 cm³/mol. The first-order valence-corrected chi connectivity index (χ1v) is 6.90. The minimum atomic E-state index is -0.342. The van der Waals surface area contributed by atoms with Gasteiger partial charge in [0, 0.05) is 11.6 Å². The van der Waals surface area contributed by atoms with Gasteiger partial charge < -0.3 is 10.1 Å². The van der Waals surface area contributed by atoms with E-state index in [2.05, 4.69) is 5.32 Å². The van der Waals surface area contributed by atoms with E-state index in [4.69, 9.17) is 4.74 Å². The number of esters is 1. The number of ether oxygens (including phenoxy) is 1. The normalized spacial score (nSPS) is 37.0. The molecule has 0 unspecified atom stereocenters. The summed E-state index contributed by atoms with van der Waals surface area (Å²) in [6.07, 6.45) is 1.74. The second kappa shape index (κ2) is 4.04. The smallest absolute Gasteiger partial charge is 0.310 e. The Morgan fingerprint density at radius 3 is 2.75 bits per heavy atom. The van der Waals surface area contributed by atoms with Crippen LogP contribution in [0.25, 0.3) is 0 Å². The molecule has 4 rings (SSSR count). The average Bonchev–Trinajstić information content (AvgIpc) is 3.02. The number of anilines is 1. The third-order valence-electron chi connectivity index (χ3n) is 4.90. The Morgan fingerprint density at radius 1 is 1.25 bits per heavy atom. The lowest BCUT2D eigenvalue weighted by molar-refractivity contribution is -0.145. The number of carbonyl (C=O) groups is 2. The maximum absolute atomic E-state index is 12.8. The minimum Gasteiger partial charge on any atom is -0.462 e. The largest absolute Gasteiger partial charge is 0.462 e. The van der Waals surface area contributed by atoms with E-state index in [1.165, 1.54) is 24.3 Å². The van der Waals surface area contributed by atoms with Crippen LogP contribution in [0.15, 0.2) is 24.3 Å². The SMILES string of the molecule is O=C(Nc1ccc(F)cc1)[C@H]1[C@H]2C[C@H]3[C@@H]1C(=O)O[C@H]3C2. The van der Waals surface area contributed by atoms with Crippen molar-refractivity contribution >= 4 is 17.6 Å². The molecule has 1 saturated heterocycles. The van der Waals surface area contributed by atoms with Crippen LogP contribution in [-0.4, -0.2) is 18.0 Å². The van der Waals surface area contributed by atoms with Crippen molar-refractivity contribution in [3.05, 3.63) is 30.1 Å². The van der Waals surface area contributed by atoms with Crippen LogP contribution in [0, 0.1) is 29.5 Å². The summed E-state index contributed by atoms with van der Waals surface area (Å²) in [5.41, 5.74) is 0.557. The monoisotopic (exact) mass is 275 g/mol. The van der Waals surface area contributed by atoms with Gasteiger partial charge in [0.15, 0.2) is 0 Å². The topological polar surface area (TPSA) is 55.4 Å². The van der Waals surface area contributed by atoms with E-state index in [-0.39, 0.29) is 47.5 Å². The number of rotatable bonds is 2. The molecule has 1 aromatic rings. The first-order chi connectivity index (χ1) is 9.63. The van der Waals surface area contributed by atoms with Crippen LogP contribution in [-0.2, 0) is 14.3 Å². The Balaban J connectivity index is 1.54.